The van der Waals surface area contributed by atoms with Crippen molar-refractivity contribution in [3.63, 3.8) is 0 Å². The van der Waals surface area contributed by atoms with Crippen molar-refractivity contribution in [3.05, 3.63) is 58.6 Å². The number of halogens is 2. The van der Waals surface area contributed by atoms with Crippen molar-refractivity contribution in [1.82, 2.24) is 5.32 Å². The number of hydrogen-bond acceptors (Lipinski definition) is 3. The van der Waals surface area contributed by atoms with Gasteiger partial charge in [0.1, 0.15) is 6.54 Å². The van der Waals surface area contributed by atoms with Crippen LogP contribution in [0.15, 0.2) is 53.4 Å². The fourth-order valence-electron chi connectivity index (χ4n) is 2.27. The number of carbonyl (C=O) groups is 1. The maximum absolute atomic E-state index is 13.2. The molecule has 0 aliphatic rings. The summed E-state index contributed by atoms with van der Waals surface area (Å²) in [6.45, 7) is 5.45. The van der Waals surface area contributed by atoms with Crippen LogP contribution in [0.5, 0.6) is 0 Å². The molecule has 27 heavy (non-hydrogen) atoms. The van der Waals surface area contributed by atoms with Crippen LogP contribution in [0.3, 0.4) is 0 Å². The van der Waals surface area contributed by atoms with Crippen LogP contribution >= 0.6 is 23.2 Å². The molecular weight excluding hydrogens is 407 g/mol. The molecule has 0 fully saturated rings. The summed E-state index contributed by atoms with van der Waals surface area (Å²) < 4.78 is 27.3. The maximum atomic E-state index is 13.2. The van der Waals surface area contributed by atoms with Crippen molar-refractivity contribution < 1.29 is 13.2 Å². The molecule has 8 heteroatoms. The smallest absolute Gasteiger partial charge is 0.264 e. The zero-order chi connectivity index (χ0) is 20.2. The fourth-order valence-corrected chi connectivity index (χ4v) is 4.00. The molecule has 0 bridgehead atoms. The summed E-state index contributed by atoms with van der Waals surface area (Å²) in [6.07, 6.45) is 0. The van der Waals surface area contributed by atoms with E-state index in [0.29, 0.717) is 5.02 Å². The Morgan fingerprint density at radius 3 is 2.22 bits per heavy atom. The number of carbonyl (C=O) groups excluding carboxylic acids is 1. The maximum Gasteiger partial charge on any atom is 0.264 e. The van der Waals surface area contributed by atoms with Crippen molar-refractivity contribution in [2.45, 2.75) is 31.7 Å². The van der Waals surface area contributed by atoms with E-state index in [1.165, 1.54) is 30.3 Å². The quantitative estimate of drug-likeness (QED) is 0.712. The largest absolute Gasteiger partial charge is 0.352 e. The first kappa shape index (κ1) is 21.5. The minimum Gasteiger partial charge on any atom is -0.352 e. The van der Waals surface area contributed by atoms with Crippen LogP contribution in [0, 0.1) is 5.92 Å². The summed E-state index contributed by atoms with van der Waals surface area (Å²) in [5.41, 5.74) is 0.264. The third-order valence-electron chi connectivity index (χ3n) is 4.20. The topological polar surface area (TPSA) is 66.5 Å². The summed E-state index contributed by atoms with van der Waals surface area (Å²) in [5.74, 6) is -0.181. The molecule has 0 spiro atoms. The van der Waals surface area contributed by atoms with E-state index >= 15 is 0 Å². The monoisotopic (exact) mass is 428 g/mol. The lowest BCUT2D eigenvalue weighted by Gasteiger charge is -2.26. The van der Waals surface area contributed by atoms with Crippen LogP contribution in [0.1, 0.15) is 20.8 Å². The fraction of sp³-hybridized carbons (Fsp3) is 0.316. The Labute approximate surface area is 170 Å². The Morgan fingerprint density at radius 2 is 1.67 bits per heavy atom. The molecule has 0 radical (unpaired) electrons. The second kappa shape index (κ2) is 8.95. The summed E-state index contributed by atoms with van der Waals surface area (Å²) >= 11 is 12.0. The molecule has 146 valence electrons. The van der Waals surface area contributed by atoms with Crippen molar-refractivity contribution in [3.8, 4) is 0 Å². The number of nitrogens with one attached hydrogen (secondary N) is 1. The van der Waals surface area contributed by atoms with Crippen LogP contribution in [0.25, 0.3) is 0 Å². The van der Waals surface area contributed by atoms with Gasteiger partial charge in [0.15, 0.2) is 0 Å². The van der Waals surface area contributed by atoms with E-state index in [4.69, 9.17) is 23.2 Å². The number of amides is 1. The first-order valence-corrected chi connectivity index (χ1v) is 10.6. The van der Waals surface area contributed by atoms with Crippen molar-refractivity contribution in [2.24, 2.45) is 5.92 Å². The molecular formula is C19H22Cl2N2O3S. The van der Waals surface area contributed by atoms with Crippen molar-refractivity contribution >= 4 is 44.8 Å². The molecule has 0 heterocycles. The van der Waals surface area contributed by atoms with E-state index in [-0.39, 0.29) is 34.1 Å². The lowest BCUT2D eigenvalue weighted by atomic mass is 10.1. The van der Waals surface area contributed by atoms with E-state index < -0.39 is 15.9 Å². The molecule has 1 amide bonds. The van der Waals surface area contributed by atoms with Crippen LogP contribution in [0.4, 0.5) is 5.69 Å². The molecule has 2 aromatic carbocycles. The highest BCUT2D eigenvalue weighted by Gasteiger charge is 2.28. The number of rotatable bonds is 7. The molecule has 0 saturated carbocycles. The molecule has 1 N–H and O–H groups in total. The molecule has 0 saturated heterocycles. The Hall–Kier alpha value is -1.76. The van der Waals surface area contributed by atoms with E-state index in [1.54, 1.807) is 18.2 Å². The van der Waals surface area contributed by atoms with Gasteiger partial charge in [0.2, 0.25) is 5.91 Å². The van der Waals surface area contributed by atoms with E-state index in [2.05, 4.69) is 5.32 Å². The lowest BCUT2D eigenvalue weighted by Crippen LogP contribution is -2.45. The third kappa shape index (κ3) is 5.37. The molecule has 5 nitrogen and oxygen atoms in total. The highest BCUT2D eigenvalue weighted by Crippen LogP contribution is 2.30. The summed E-state index contributed by atoms with van der Waals surface area (Å²) in [6, 6.07) is 12.3. The summed E-state index contributed by atoms with van der Waals surface area (Å²) in [5, 5.41) is 3.33. The van der Waals surface area contributed by atoms with Gasteiger partial charge in [-0.3, -0.25) is 9.10 Å². The predicted octanol–water partition coefficient (Wildman–Crippen LogP) is 4.35. The SMILES string of the molecule is CC(C)[C@@H](C)NC(=O)CN(c1ccc(Cl)c(Cl)c1)S(=O)(=O)c1ccccc1. The van der Waals surface area contributed by atoms with Gasteiger partial charge >= 0.3 is 0 Å². The molecule has 0 unspecified atom stereocenters. The van der Waals surface area contributed by atoms with Gasteiger partial charge in [0.25, 0.3) is 10.0 Å². The first-order chi connectivity index (χ1) is 12.6. The van der Waals surface area contributed by atoms with Gasteiger partial charge in [-0.2, -0.15) is 0 Å². The van der Waals surface area contributed by atoms with Crippen molar-refractivity contribution in [1.29, 1.82) is 0 Å². The Bertz CT molecular complexity index is 902. The van der Waals surface area contributed by atoms with E-state index in [9.17, 15) is 13.2 Å². The second-order valence-corrected chi connectivity index (χ2v) is 9.20. The Balaban J connectivity index is 2.43. The first-order valence-electron chi connectivity index (χ1n) is 8.45. The average molecular weight is 429 g/mol. The van der Waals surface area contributed by atoms with Gasteiger partial charge in [-0.15, -0.1) is 0 Å². The number of benzene rings is 2. The Kier molecular flexibility index (Phi) is 7.14. The van der Waals surface area contributed by atoms with Crippen LogP contribution in [0.2, 0.25) is 10.0 Å². The van der Waals surface area contributed by atoms with Gasteiger partial charge in [-0.25, -0.2) is 8.42 Å². The van der Waals surface area contributed by atoms with Crippen LogP contribution in [-0.2, 0) is 14.8 Å². The summed E-state index contributed by atoms with van der Waals surface area (Å²) in [4.78, 5) is 12.6. The molecule has 2 aromatic rings. The van der Waals surface area contributed by atoms with Gasteiger partial charge in [0.05, 0.1) is 20.6 Å². The molecule has 0 aliphatic carbocycles. The van der Waals surface area contributed by atoms with E-state index in [0.717, 1.165) is 4.31 Å². The molecule has 2 rings (SSSR count). The third-order valence-corrected chi connectivity index (χ3v) is 6.73. The highest BCUT2D eigenvalue weighted by molar-refractivity contribution is 7.92. The summed E-state index contributed by atoms with van der Waals surface area (Å²) in [7, 11) is -3.96. The van der Waals surface area contributed by atoms with Gasteiger partial charge < -0.3 is 5.32 Å². The lowest BCUT2D eigenvalue weighted by molar-refractivity contribution is -0.120. The minimum absolute atomic E-state index is 0.0841. The minimum atomic E-state index is -3.96. The molecule has 0 aromatic heterocycles. The zero-order valence-corrected chi connectivity index (χ0v) is 17.6. The van der Waals surface area contributed by atoms with E-state index in [1.807, 2.05) is 20.8 Å². The molecule has 0 aliphatic heterocycles. The highest BCUT2D eigenvalue weighted by atomic mass is 35.5. The van der Waals surface area contributed by atoms with Crippen LogP contribution < -0.4 is 9.62 Å². The average Bonchev–Trinajstić information content (AvgIpc) is 2.62. The number of sulfonamides is 1. The van der Waals surface area contributed by atoms with Crippen molar-refractivity contribution in [2.75, 3.05) is 10.8 Å². The standard InChI is InChI=1S/C19H22Cl2N2O3S/c1-13(2)14(3)22-19(24)12-23(15-9-10-17(20)18(21)11-15)27(25,26)16-7-5-4-6-8-16/h4-11,13-14H,12H2,1-3H3,(H,22,24)/t14-/m1/s1. The normalized spacial score (nSPS) is 12.7. The number of anilines is 1. The van der Waals surface area contributed by atoms with Gasteiger partial charge in [0, 0.05) is 6.04 Å². The number of nitrogens with zero attached hydrogens (tertiary/aromatic N) is 1. The predicted molar refractivity (Wildman–Crippen MR) is 110 cm³/mol. The van der Waals surface area contributed by atoms with Gasteiger partial charge in [-0.1, -0.05) is 55.2 Å². The molecule has 1 atom stereocenters. The number of hydrogen-bond donors (Lipinski definition) is 1. The van der Waals surface area contributed by atoms with Crippen LogP contribution in [-0.4, -0.2) is 26.9 Å². The van der Waals surface area contributed by atoms with Gasteiger partial charge in [-0.05, 0) is 43.2 Å². The second-order valence-electron chi connectivity index (χ2n) is 6.52. The zero-order valence-electron chi connectivity index (χ0n) is 15.3. The Morgan fingerprint density at radius 1 is 1.04 bits per heavy atom.